The van der Waals surface area contributed by atoms with E-state index < -0.39 is 5.54 Å². The molecule has 2 aromatic carbocycles. The summed E-state index contributed by atoms with van der Waals surface area (Å²) in [6.07, 6.45) is 0.604. The van der Waals surface area contributed by atoms with E-state index >= 15 is 0 Å². The van der Waals surface area contributed by atoms with Crippen molar-refractivity contribution in [3.05, 3.63) is 63.6 Å². The second-order valence-electron chi connectivity index (χ2n) is 4.88. The zero-order valence-electron chi connectivity index (χ0n) is 11.0. The lowest BCUT2D eigenvalue weighted by Crippen LogP contribution is -2.35. The Morgan fingerprint density at radius 3 is 2.55 bits per heavy atom. The summed E-state index contributed by atoms with van der Waals surface area (Å²) in [6, 6.07) is 17.7. The molecule has 1 unspecified atom stereocenters. The van der Waals surface area contributed by atoms with Crippen LogP contribution >= 0.6 is 27.5 Å². The summed E-state index contributed by atoms with van der Waals surface area (Å²) in [4.78, 5) is 0. The number of nitrogens with one attached hydrogen (secondary N) is 1. The minimum Gasteiger partial charge on any atom is -0.367 e. The van der Waals surface area contributed by atoms with Crippen LogP contribution in [0.2, 0.25) is 5.02 Å². The van der Waals surface area contributed by atoms with E-state index in [9.17, 15) is 5.26 Å². The SMILES string of the molecule is CC(C#N)(Cc1ccc(Cl)cc1)Nc1cccc(Br)c1. The number of hydrogen-bond donors (Lipinski definition) is 1. The maximum absolute atomic E-state index is 9.48. The summed E-state index contributed by atoms with van der Waals surface area (Å²) in [6.45, 7) is 1.89. The van der Waals surface area contributed by atoms with Crippen LogP contribution in [0.5, 0.6) is 0 Å². The van der Waals surface area contributed by atoms with Gasteiger partial charge in [0.25, 0.3) is 0 Å². The monoisotopic (exact) mass is 348 g/mol. The van der Waals surface area contributed by atoms with Gasteiger partial charge in [0.05, 0.1) is 6.07 Å². The van der Waals surface area contributed by atoms with Crippen molar-refractivity contribution in [3.63, 3.8) is 0 Å². The molecule has 2 nitrogen and oxygen atoms in total. The van der Waals surface area contributed by atoms with Gasteiger partial charge in [0, 0.05) is 21.6 Å². The Labute approximate surface area is 132 Å². The Hall–Kier alpha value is -1.50. The Balaban J connectivity index is 2.17. The maximum Gasteiger partial charge on any atom is 0.126 e. The minimum atomic E-state index is -0.672. The molecule has 2 rings (SSSR count). The molecule has 0 amide bonds. The van der Waals surface area contributed by atoms with Crippen LogP contribution in [0.1, 0.15) is 12.5 Å². The molecule has 0 saturated carbocycles. The molecule has 0 aliphatic rings. The summed E-state index contributed by atoms with van der Waals surface area (Å²) in [5, 5.41) is 13.5. The van der Waals surface area contributed by atoms with Crippen molar-refractivity contribution in [1.29, 1.82) is 5.26 Å². The number of nitrogens with zero attached hydrogens (tertiary/aromatic N) is 1. The Morgan fingerprint density at radius 1 is 1.25 bits per heavy atom. The highest BCUT2D eigenvalue weighted by molar-refractivity contribution is 9.10. The summed E-state index contributed by atoms with van der Waals surface area (Å²) >= 11 is 9.31. The standard InChI is InChI=1S/C16H14BrClN2/c1-16(11-19,10-12-5-7-14(18)8-6-12)20-15-4-2-3-13(17)9-15/h2-9,20H,10H2,1H3. The van der Waals surface area contributed by atoms with Gasteiger partial charge >= 0.3 is 0 Å². The first-order valence-corrected chi connectivity index (χ1v) is 7.37. The number of benzene rings is 2. The van der Waals surface area contributed by atoms with Crippen molar-refractivity contribution >= 4 is 33.2 Å². The number of hydrogen-bond acceptors (Lipinski definition) is 2. The number of anilines is 1. The van der Waals surface area contributed by atoms with Crippen molar-refractivity contribution in [2.24, 2.45) is 0 Å². The van der Waals surface area contributed by atoms with Crippen molar-refractivity contribution in [2.75, 3.05) is 5.32 Å². The van der Waals surface area contributed by atoms with Crippen LogP contribution < -0.4 is 5.32 Å². The van der Waals surface area contributed by atoms with Gasteiger partial charge in [-0.25, -0.2) is 0 Å². The van der Waals surface area contributed by atoms with Gasteiger partial charge in [-0.15, -0.1) is 0 Å². The molecule has 1 N–H and O–H groups in total. The normalized spacial score (nSPS) is 13.3. The Morgan fingerprint density at radius 2 is 1.95 bits per heavy atom. The molecule has 0 bridgehead atoms. The van der Waals surface area contributed by atoms with E-state index in [1.807, 2.05) is 55.5 Å². The van der Waals surface area contributed by atoms with E-state index in [0.29, 0.717) is 11.4 Å². The molecule has 2 aromatic rings. The average Bonchev–Trinajstić information content (AvgIpc) is 2.41. The highest BCUT2D eigenvalue weighted by Crippen LogP contribution is 2.23. The van der Waals surface area contributed by atoms with E-state index in [2.05, 4.69) is 27.3 Å². The van der Waals surface area contributed by atoms with E-state index in [-0.39, 0.29) is 0 Å². The van der Waals surface area contributed by atoms with Gasteiger partial charge in [0.2, 0.25) is 0 Å². The molecule has 0 aliphatic heterocycles. The number of halogens is 2. The first-order valence-electron chi connectivity index (χ1n) is 6.20. The molecule has 0 fully saturated rings. The molecule has 20 heavy (non-hydrogen) atoms. The molecule has 1 atom stereocenters. The van der Waals surface area contributed by atoms with E-state index in [4.69, 9.17) is 11.6 Å². The van der Waals surface area contributed by atoms with E-state index in [1.54, 1.807) is 0 Å². The third-order valence-electron chi connectivity index (χ3n) is 2.96. The van der Waals surface area contributed by atoms with Crippen LogP contribution in [0.25, 0.3) is 0 Å². The maximum atomic E-state index is 9.48. The van der Waals surface area contributed by atoms with E-state index in [0.717, 1.165) is 15.7 Å². The summed E-state index contributed by atoms with van der Waals surface area (Å²) in [5.41, 5.74) is 1.31. The van der Waals surface area contributed by atoms with Gasteiger partial charge in [0.15, 0.2) is 0 Å². The van der Waals surface area contributed by atoms with Crippen molar-refractivity contribution in [2.45, 2.75) is 18.9 Å². The topological polar surface area (TPSA) is 35.8 Å². The average molecular weight is 350 g/mol. The van der Waals surface area contributed by atoms with Gasteiger partial charge in [-0.1, -0.05) is 45.7 Å². The molecule has 0 heterocycles. The number of rotatable bonds is 4. The predicted octanol–water partition coefficient (Wildman–Crippen LogP) is 5.04. The van der Waals surface area contributed by atoms with Gasteiger partial charge in [0.1, 0.15) is 5.54 Å². The van der Waals surface area contributed by atoms with Gasteiger partial charge in [-0.3, -0.25) is 0 Å². The van der Waals surface area contributed by atoms with Crippen LogP contribution in [0.4, 0.5) is 5.69 Å². The van der Waals surface area contributed by atoms with E-state index in [1.165, 1.54) is 0 Å². The fraction of sp³-hybridized carbons (Fsp3) is 0.188. The van der Waals surface area contributed by atoms with Gasteiger partial charge in [-0.05, 0) is 42.8 Å². The lowest BCUT2D eigenvalue weighted by Gasteiger charge is -2.25. The fourth-order valence-corrected chi connectivity index (χ4v) is 2.53. The molecule has 0 saturated heterocycles. The summed E-state index contributed by atoms with van der Waals surface area (Å²) < 4.78 is 0.981. The molecular weight excluding hydrogens is 336 g/mol. The molecule has 0 aromatic heterocycles. The van der Waals surface area contributed by atoms with Gasteiger partial charge in [-0.2, -0.15) is 5.26 Å². The third kappa shape index (κ3) is 4.00. The zero-order valence-corrected chi connectivity index (χ0v) is 13.4. The van der Waals surface area contributed by atoms with Crippen LogP contribution in [0.3, 0.4) is 0 Å². The lowest BCUT2D eigenvalue weighted by atomic mass is 9.94. The molecule has 102 valence electrons. The molecule has 0 aliphatic carbocycles. The third-order valence-corrected chi connectivity index (χ3v) is 3.71. The number of nitriles is 1. The second-order valence-corrected chi connectivity index (χ2v) is 6.23. The first kappa shape index (κ1) is 14.9. The minimum absolute atomic E-state index is 0.604. The van der Waals surface area contributed by atoms with Crippen LogP contribution in [-0.2, 0) is 6.42 Å². The van der Waals surface area contributed by atoms with Crippen LogP contribution in [-0.4, -0.2) is 5.54 Å². The predicted molar refractivity (Wildman–Crippen MR) is 86.9 cm³/mol. The smallest absolute Gasteiger partial charge is 0.126 e. The van der Waals surface area contributed by atoms with Crippen LogP contribution in [0, 0.1) is 11.3 Å². The largest absolute Gasteiger partial charge is 0.367 e. The van der Waals surface area contributed by atoms with Gasteiger partial charge < -0.3 is 5.32 Å². The molecule has 0 radical (unpaired) electrons. The Kier molecular flexibility index (Phi) is 4.69. The zero-order chi connectivity index (χ0) is 14.6. The Bertz CT molecular complexity index is 634. The highest BCUT2D eigenvalue weighted by atomic mass is 79.9. The fourth-order valence-electron chi connectivity index (χ4n) is 2.01. The molecule has 4 heteroatoms. The van der Waals surface area contributed by atoms with Crippen molar-refractivity contribution < 1.29 is 0 Å². The summed E-state index contributed by atoms with van der Waals surface area (Å²) in [5.74, 6) is 0. The van der Waals surface area contributed by atoms with Crippen LogP contribution in [0.15, 0.2) is 53.0 Å². The van der Waals surface area contributed by atoms with Crippen molar-refractivity contribution in [3.8, 4) is 6.07 Å². The molecular formula is C16H14BrClN2. The first-order chi connectivity index (χ1) is 9.50. The second kappa shape index (κ2) is 6.30. The summed E-state index contributed by atoms with van der Waals surface area (Å²) in [7, 11) is 0. The van der Waals surface area contributed by atoms with Crippen molar-refractivity contribution in [1.82, 2.24) is 0 Å². The lowest BCUT2D eigenvalue weighted by molar-refractivity contribution is 0.646. The quantitative estimate of drug-likeness (QED) is 0.839. The molecule has 0 spiro atoms. The highest BCUT2D eigenvalue weighted by Gasteiger charge is 2.24.